The first kappa shape index (κ1) is 9.86. The number of pyridine rings is 1. The van der Waals surface area contributed by atoms with Crippen LogP contribution in [0.4, 0.5) is 0 Å². The van der Waals surface area contributed by atoms with Gasteiger partial charge in [0.25, 0.3) is 0 Å². The van der Waals surface area contributed by atoms with Gasteiger partial charge in [-0.1, -0.05) is 17.7 Å². The Morgan fingerprint density at radius 2 is 2.00 bits per heavy atom. The molecule has 2 heterocycles. The number of methoxy groups -OCH3 is 1. The minimum Gasteiger partial charge on any atom is -0.479 e. The van der Waals surface area contributed by atoms with E-state index < -0.39 is 0 Å². The minimum atomic E-state index is 0.417. The Labute approximate surface area is 91.9 Å². The third-order valence-electron chi connectivity index (χ3n) is 1.82. The van der Waals surface area contributed by atoms with Crippen molar-refractivity contribution < 1.29 is 4.74 Å². The smallest absolute Gasteiger partial charge is 0.241 e. The molecule has 0 aliphatic carbocycles. The molecule has 0 aliphatic rings. The number of hydrogen-bond donors (Lipinski definition) is 0. The second kappa shape index (κ2) is 4.23. The summed E-state index contributed by atoms with van der Waals surface area (Å²) in [5.74, 6) is 0.437. The molecule has 0 aliphatic heterocycles. The molecule has 76 valence electrons. The second-order valence-electron chi connectivity index (χ2n) is 2.76. The Hall–Kier alpha value is -1.68. The summed E-state index contributed by atoms with van der Waals surface area (Å²) in [6, 6.07) is 5.31. The van der Waals surface area contributed by atoms with Gasteiger partial charge in [0.2, 0.25) is 5.88 Å². The maximum Gasteiger partial charge on any atom is 0.241 e. The second-order valence-corrected chi connectivity index (χ2v) is 3.15. The van der Waals surface area contributed by atoms with Gasteiger partial charge in [-0.25, -0.2) is 15.0 Å². The molecule has 5 heteroatoms. The number of rotatable bonds is 2. The zero-order valence-corrected chi connectivity index (χ0v) is 8.77. The van der Waals surface area contributed by atoms with Crippen molar-refractivity contribution in [2.75, 3.05) is 7.11 Å². The van der Waals surface area contributed by atoms with Crippen molar-refractivity contribution in [3.63, 3.8) is 0 Å². The molecule has 0 saturated heterocycles. The summed E-state index contributed by atoms with van der Waals surface area (Å²) >= 11 is 5.79. The number of nitrogens with zero attached hydrogens (tertiary/aromatic N) is 3. The lowest BCUT2D eigenvalue weighted by Crippen LogP contribution is -1.95. The van der Waals surface area contributed by atoms with Gasteiger partial charge in [-0.05, 0) is 12.1 Å². The molecular weight excluding hydrogens is 214 g/mol. The van der Waals surface area contributed by atoms with Crippen LogP contribution < -0.4 is 4.74 Å². The summed E-state index contributed by atoms with van der Waals surface area (Å²) in [6.07, 6.45) is 3.15. The van der Waals surface area contributed by atoms with Gasteiger partial charge in [-0.15, -0.1) is 0 Å². The van der Waals surface area contributed by atoms with Gasteiger partial charge in [0.05, 0.1) is 12.8 Å². The fourth-order valence-electron chi connectivity index (χ4n) is 1.19. The van der Waals surface area contributed by atoms with Crippen LogP contribution in [0.15, 0.2) is 30.6 Å². The Kier molecular flexibility index (Phi) is 2.78. The van der Waals surface area contributed by atoms with E-state index in [2.05, 4.69) is 15.0 Å². The summed E-state index contributed by atoms with van der Waals surface area (Å²) in [5.41, 5.74) is 1.23. The van der Waals surface area contributed by atoms with E-state index in [1.165, 1.54) is 7.11 Å². The summed E-state index contributed by atoms with van der Waals surface area (Å²) in [4.78, 5) is 12.3. The lowest BCUT2D eigenvalue weighted by atomic mass is 10.3. The van der Waals surface area contributed by atoms with Crippen molar-refractivity contribution in [2.45, 2.75) is 0 Å². The van der Waals surface area contributed by atoms with Gasteiger partial charge in [-0.3, -0.25) is 0 Å². The molecule has 2 aromatic heterocycles. The van der Waals surface area contributed by atoms with Gasteiger partial charge in [-0.2, -0.15) is 0 Å². The van der Waals surface area contributed by atoms with Crippen LogP contribution in [0.5, 0.6) is 5.88 Å². The molecule has 0 N–H and O–H groups in total. The average Bonchev–Trinajstić information content (AvgIpc) is 2.29. The topological polar surface area (TPSA) is 47.9 Å². The zero-order chi connectivity index (χ0) is 10.7. The molecule has 0 radical (unpaired) electrons. The molecule has 0 atom stereocenters. The Bertz CT molecular complexity index is 476. The molecule has 4 nitrogen and oxygen atoms in total. The minimum absolute atomic E-state index is 0.417. The molecule has 0 aromatic carbocycles. The van der Waals surface area contributed by atoms with Crippen molar-refractivity contribution in [3.8, 4) is 17.3 Å². The quantitative estimate of drug-likeness (QED) is 0.730. The van der Waals surface area contributed by atoms with Crippen LogP contribution in [0, 0.1) is 0 Å². The monoisotopic (exact) mass is 221 g/mol. The van der Waals surface area contributed by atoms with Crippen LogP contribution in [0.3, 0.4) is 0 Å². The Morgan fingerprint density at radius 1 is 1.20 bits per heavy atom. The number of hydrogen-bond acceptors (Lipinski definition) is 4. The summed E-state index contributed by atoms with van der Waals surface area (Å²) in [7, 11) is 1.54. The van der Waals surface area contributed by atoms with Gasteiger partial charge >= 0.3 is 0 Å². The van der Waals surface area contributed by atoms with Crippen LogP contribution in [0.1, 0.15) is 0 Å². The lowest BCUT2D eigenvalue weighted by Gasteiger charge is -2.04. The summed E-state index contributed by atoms with van der Waals surface area (Å²) in [5, 5.41) is 0.417. The average molecular weight is 222 g/mol. The molecule has 0 saturated carbocycles. The fraction of sp³-hybridized carbons (Fsp3) is 0.100. The van der Waals surface area contributed by atoms with Crippen molar-refractivity contribution in [1.29, 1.82) is 0 Å². The highest BCUT2D eigenvalue weighted by atomic mass is 35.5. The predicted octanol–water partition coefficient (Wildman–Crippen LogP) is 2.20. The van der Waals surface area contributed by atoms with E-state index in [1.807, 2.05) is 0 Å². The highest BCUT2D eigenvalue weighted by Crippen LogP contribution is 2.23. The standard InChI is InChI=1S/C10H8ClN3O/c1-15-10-9(12-5-6-13-10)7-3-2-4-8(11)14-7/h2-6H,1H3. The van der Waals surface area contributed by atoms with Crippen LogP contribution in [-0.2, 0) is 0 Å². The molecule has 0 bridgehead atoms. The third kappa shape index (κ3) is 2.05. The molecule has 2 aromatic rings. The SMILES string of the molecule is COc1nccnc1-c1cccc(Cl)n1. The predicted molar refractivity (Wildman–Crippen MR) is 56.8 cm³/mol. The van der Waals surface area contributed by atoms with Crippen molar-refractivity contribution in [2.24, 2.45) is 0 Å². The Balaban J connectivity index is 2.53. The molecule has 0 spiro atoms. The van der Waals surface area contributed by atoms with E-state index in [0.717, 1.165) is 0 Å². The van der Waals surface area contributed by atoms with Crippen LogP contribution in [-0.4, -0.2) is 22.1 Å². The number of ether oxygens (including phenoxy) is 1. The normalized spacial score (nSPS) is 10.0. The van der Waals surface area contributed by atoms with Crippen molar-refractivity contribution in [1.82, 2.24) is 15.0 Å². The van der Waals surface area contributed by atoms with E-state index in [9.17, 15) is 0 Å². The van der Waals surface area contributed by atoms with Crippen LogP contribution in [0.25, 0.3) is 11.4 Å². The molecule has 0 unspecified atom stereocenters. The first-order chi connectivity index (χ1) is 7.31. The molecule has 15 heavy (non-hydrogen) atoms. The van der Waals surface area contributed by atoms with Crippen molar-refractivity contribution in [3.05, 3.63) is 35.7 Å². The van der Waals surface area contributed by atoms with E-state index in [1.54, 1.807) is 30.6 Å². The van der Waals surface area contributed by atoms with E-state index in [4.69, 9.17) is 16.3 Å². The first-order valence-electron chi connectivity index (χ1n) is 4.29. The first-order valence-corrected chi connectivity index (χ1v) is 4.67. The highest BCUT2D eigenvalue weighted by molar-refractivity contribution is 6.29. The van der Waals surface area contributed by atoms with E-state index in [0.29, 0.717) is 22.4 Å². The molecule has 0 amide bonds. The maximum atomic E-state index is 5.79. The van der Waals surface area contributed by atoms with Gasteiger partial charge in [0.15, 0.2) is 5.69 Å². The largest absolute Gasteiger partial charge is 0.479 e. The molecule has 0 fully saturated rings. The number of halogens is 1. The van der Waals surface area contributed by atoms with Crippen LogP contribution in [0.2, 0.25) is 5.15 Å². The van der Waals surface area contributed by atoms with Gasteiger partial charge in [0.1, 0.15) is 5.15 Å². The zero-order valence-electron chi connectivity index (χ0n) is 8.01. The van der Waals surface area contributed by atoms with E-state index in [-0.39, 0.29) is 0 Å². The molecular formula is C10H8ClN3O. The maximum absolute atomic E-state index is 5.79. The lowest BCUT2D eigenvalue weighted by molar-refractivity contribution is 0.397. The third-order valence-corrected chi connectivity index (χ3v) is 2.03. The van der Waals surface area contributed by atoms with Gasteiger partial charge < -0.3 is 4.74 Å². The molecule has 2 rings (SSSR count). The summed E-state index contributed by atoms with van der Waals surface area (Å²) in [6.45, 7) is 0. The van der Waals surface area contributed by atoms with E-state index >= 15 is 0 Å². The van der Waals surface area contributed by atoms with Gasteiger partial charge in [0, 0.05) is 12.4 Å². The fourth-order valence-corrected chi connectivity index (χ4v) is 1.35. The number of aromatic nitrogens is 3. The Morgan fingerprint density at radius 3 is 2.73 bits per heavy atom. The highest BCUT2D eigenvalue weighted by Gasteiger charge is 2.09. The van der Waals surface area contributed by atoms with Crippen LogP contribution >= 0.6 is 11.6 Å². The summed E-state index contributed by atoms with van der Waals surface area (Å²) < 4.78 is 5.08. The van der Waals surface area contributed by atoms with Crippen molar-refractivity contribution >= 4 is 11.6 Å².